The molecular weight excluding hydrogens is 459 g/mol. The van der Waals surface area contributed by atoms with Gasteiger partial charge in [-0.1, -0.05) is 6.07 Å². The van der Waals surface area contributed by atoms with E-state index in [-0.39, 0.29) is 23.3 Å². The highest BCUT2D eigenvalue weighted by molar-refractivity contribution is 5.83. The van der Waals surface area contributed by atoms with Gasteiger partial charge in [-0.15, -0.1) is 0 Å². The molecule has 192 valence electrons. The first-order valence-electron chi connectivity index (χ1n) is 12.9. The van der Waals surface area contributed by atoms with E-state index in [9.17, 15) is 14.3 Å². The summed E-state index contributed by atoms with van der Waals surface area (Å²) < 4.78 is 21.5. The number of rotatable bonds is 5. The van der Waals surface area contributed by atoms with Gasteiger partial charge in [0.15, 0.2) is 0 Å². The van der Waals surface area contributed by atoms with Crippen molar-refractivity contribution in [3.8, 4) is 0 Å². The van der Waals surface area contributed by atoms with Gasteiger partial charge in [0.1, 0.15) is 11.6 Å². The number of piperidine rings is 1. The first kappa shape index (κ1) is 24.7. The molecule has 2 aliphatic rings. The van der Waals surface area contributed by atoms with Crippen LogP contribution in [-0.2, 0) is 11.8 Å². The van der Waals surface area contributed by atoms with Crippen LogP contribution in [0.2, 0.25) is 0 Å². The molecule has 2 aromatic carbocycles. The highest BCUT2D eigenvalue weighted by Crippen LogP contribution is 2.34. The molecule has 0 saturated carbocycles. The molecular formula is C28H35FN4O3. The predicted molar refractivity (Wildman–Crippen MR) is 140 cm³/mol. The van der Waals surface area contributed by atoms with Gasteiger partial charge in [-0.25, -0.2) is 9.37 Å². The zero-order chi connectivity index (χ0) is 25.4. The van der Waals surface area contributed by atoms with Gasteiger partial charge in [0.2, 0.25) is 0 Å². The third-order valence-corrected chi connectivity index (χ3v) is 7.51. The van der Waals surface area contributed by atoms with Crippen LogP contribution >= 0.6 is 0 Å². The van der Waals surface area contributed by atoms with E-state index in [0.717, 1.165) is 60.6 Å². The number of anilines is 2. The molecule has 3 heterocycles. The molecule has 2 atom stereocenters. The maximum atomic E-state index is 14.3. The van der Waals surface area contributed by atoms with Crippen molar-refractivity contribution in [2.24, 2.45) is 7.05 Å². The Labute approximate surface area is 210 Å². The molecule has 0 amide bonds. The number of aromatic nitrogens is 2. The second kappa shape index (κ2) is 10.2. The second-order valence-corrected chi connectivity index (χ2v) is 10.2. The summed E-state index contributed by atoms with van der Waals surface area (Å²) in [5.41, 5.74) is 4.13. The van der Waals surface area contributed by atoms with Crippen molar-refractivity contribution in [3.05, 3.63) is 63.5 Å². The molecule has 0 radical (unpaired) electrons. The lowest BCUT2D eigenvalue weighted by Gasteiger charge is -2.34. The molecule has 2 saturated heterocycles. The lowest BCUT2D eigenvalue weighted by atomic mass is 9.97. The minimum absolute atomic E-state index is 0.0385. The first-order valence-corrected chi connectivity index (χ1v) is 12.9. The Morgan fingerprint density at radius 3 is 2.72 bits per heavy atom. The van der Waals surface area contributed by atoms with Crippen molar-refractivity contribution in [2.75, 3.05) is 36.5 Å². The van der Waals surface area contributed by atoms with Crippen LogP contribution in [-0.4, -0.2) is 47.1 Å². The molecule has 0 spiro atoms. The summed E-state index contributed by atoms with van der Waals surface area (Å²) in [7, 11) is 1.81. The Bertz CT molecular complexity index is 1320. The van der Waals surface area contributed by atoms with Crippen LogP contribution in [0, 0.1) is 12.7 Å². The van der Waals surface area contributed by atoms with Crippen LogP contribution in [0.25, 0.3) is 10.9 Å². The van der Waals surface area contributed by atoms with E-state index in [4.69, 9.17) is 9.72 Å². The predicted octanol–water partition coefficient (Wildman–Crippen LogP) is 4.41. The van der Waals surface area contributed by atoms with E-state index >= 15 is 0 Å². The van der Waals surface area contributed by atoms with Gasteiger partial charge in [0.05, 0.1) is 34.4 Å². The maximum Gasteiger partial charge on any atom is 0.261 e. The Balaban J connectivity index is 1.55. The van der Waals surface area contributed by atoms with Crippen molar-refractivity contribution in [2.45, 2.75) is 57.6 Å². The third kappa shape index (κ3) is 4.84. The standard InChI is InChI=1S/C28H35FN4O3/c1-17-13-22(26-23(14-17)28(35)32(3)27(31-26)19-8-11-36-12-9-19)18(2)30-24-7-6-20(29)15-25(24)33-10-4-5-21(34)16-33/h6-7,13-15,18-19,21,30,34H,4-5,8-12,16H2,1-3H3/t18-,21+/m1/s1. The van der Waals surface area contributed by atoms with Crippen LogP contribution in [0.3, 0.4) is 0 Å². The lowest BCUT2D eigenvalue weighted by molar-refractivity contribution is 0.0828. The summed E-state index contributed by atoms with van der Waals surface area (Å²) in [6.45, 7) is 6.63. The van der Waals surface area contributed by atoms with E-state index in [1.54, 1.807) is 17.7 Å². The fourth-order valence-electron chi connectivity index (χ4n) is 5.59. The van der Waals surface area contributed by atoms with E-state index in [0.29, 0.717) is 30.7 Å². The van der Waals surface area contributed by atoms with Crippen LogP contribution in [0.5, 0.6) is 0 Å². The Kier molecular flexibility index (Phi) is 6.99. The van der Waals surface area contributed by atoms with Crippen LogP contribution in [0.1, 0.15) is 61.5 Å². The van der Waals surface area contributed by atoms with Crippen molar-refractivity contribution in [1.29, 1.82) is 0 Å². The van der Waals surface area contributed by atoms with E-state index in [1.807, 2.05) is 24.8 Å². The molecule has 7 nitrogen and oxygen atoms in total. The third-order valence-electron chi connectivity index (χ3n) is 7.51. The molecule has 0 aliphatic carbocycles. The van der Waals surface area contributed by atoms with Crippen molar-refractivity contribution >= 4 is 22.3 Å². The van der Waals surface area contributed by atoms with Gasteiger partial charge < -0.3 is 20.1 Å². The van der Waals surface area contributed by atoms with Gasteiger partial charge in [0.25, 0.3) is 5.56 Å². The number of hydrogen-bond donors (Lipinski definition) is 2. The first-order chi connectivity index (χ1) is 17.3. The zero-order valence-electron chi connectivity index (χ0n) is 21.3. The average molecular weight is 495 g/mol. The number of benzene rings is 2. The number of β-amino-alcohol motifs (C(OH)–C–C–N with tert-alkyl or cyclic N) is 1. The monoisotopic (exact) mass is 494 g/mol. The van der Waals surface area contributed by atoms with Crippen LogP contribution in [0.15, 0.2) is 35.1 Å². The van der Waals surface area contributed by atoms with E-state index in [2.05, 4.69) is 11.4 Å². The summed E-state index contributed by atoms with van der Waals surface area (Å²) >= 11 is 0. The molecule has 3 aromatic rings. The fourth-order valence-corrected chi connectivity index (χ4v) is 5.59. The number of halogens is 1. The molecule has 2 N–H and O–H groups in total. The number of fused-ring (bicyclic) bond motifs is 1. The Morgan fingerprint density at radius 1 is 1.19 bits per heavy atom. The maximum absolute atomic E-state index is 14.3. The highest BCUT2D eigenvalue weighted by atomic mass is 19.1. The fraction of sp³-hybridized carbons (Fsp3) is 0.500. The molecule has 2 fully saturated rings. The highest BCUT2D eigenvalue weighted by Gasteiger charge is 2.25. The second-order valence-electron chi connectivity index (χ2n) is 10.2. The number of aryl methyl sites for hydroxylation is 1. The molecule has 8 heteroatoms. The van der Waals surface area contributed by atoms with Crippen LogP contribution in [0.4, 0.5) is 15.8 Å². The lowest BCUT2D eigenvalue weighted by Crippen LogP contribution is -2.38. The normalized spacial score (nSPS) is 20.0. The number of ether oxygens (including phenoxy) is 1. The Hall–Kier alpha value is -2.97. The SMILES string of the molecule is Cc1cc([C@@H](C)Nc2ccc(F)cc2N2CCC[C@H](O)C2)c2nc(C3CCOCC3)n(C)c(=O)c2c1. The average Bonchev–Trinajstić information content (AvgIpc) is 2.87. The summed E-state index contributed by atoms with van der Waals surface area (Å²) in [6.07, 6.45) is 2.90. The molecule has 0 unspecified atom stereocenters. The van der Waals surface area contributed by atoms with Gasteiger partial charge in [0, 0.05) is 44.8 Å². The molecule has 0 bridgehead atoms. The smallest absolute Gasteiger partial charge is 0.261 e. The van der Waals surface area contributed by atoms with Crippen LogP contribution < -0.4 is 15.8 Å². The van der Waals surface area contributed by atoms with E-state index in [1.165, 1.54) is 12.1 Å². The number of aliphatic hydroxyl groups is 1. The quantitative estimate of drug-likeness (QED) is 0.547. The molecule has 1 aromatic heterocycles. The molecule has 2 aliphatic heterocycles. The summed E-state index contributed by atoms with van der Waals surface area (Å²) in [4.78, 5) is 20.5. The number of aliphatic hydroxyl groups excluding tert-OH is 1. The topological polar surface area (TPSA) is 79.6 Å². The van der Waals surface area contributed by atoms with Gasteiger partial charge in [-0.05, 0) is 69.4 Å². The number of hydrogen-bond acceptors (Lipinski definition) is 6. The van der Waals surface area contributed by atoms with Gasteiger partial charge in [-0.3, -0.25) is 9.36 Å². The van der Waals surface area contributed by atoms with Gasteiger partial charge >= 0.3 is 0 Å². The van der Waals surface area contributed by atoms with Crippen molar-refractivity contribution in [3.63, 3.8) is 0 Å². The van der Waals surface area contributed by atoms with E-state index < -0.39 is 6.10 Å². The zero-order valence-corrected chi connectivity index (χ0v) is 21.3. The van der Waals surface area contributed by atoms with Crippen molar-refractivity contribution in [1.82, 2.24) is 9.55 Å². The Morgan fingerprint density at radius 2 is 1.97 bits per heavy atom. The van der Waals surface area contributed by atoms with Crippen molar-refractivity contribution < 1.29 is 14.2 Å². The van der Waals surface area contributed by atoms with Gasteiger partial charge in [-0.2, -0.15) is 0 Å². The molecule has 5 rings (SSSR count). The minimum Gasteiger partial charge on any atom is -0.391 e. The number of nitrogens with one attached hydrogen (secondary N) is 1. The molecule has 36 heavy (non-hydrogen) atoms. The minimum atomic E-state index is -0.419. The summed E-state index contributed by atoms with van der Waals surface area (Å²) in [5, 5.41) is 14.4. The number of nitrogens with zero attached hydrogens (tertiary/aromatic N) is 3. The summed E-state index contributed by atoms with van der Waals surface area (Å²) in [5.74, 6) is 0.681. The largest absolute Gasteiger partial charge is 0.391 e. The summed E-state index contributed by atoms with van der Waals surface area (Å²) in [6, 6.07) is 8.53.